The summed E-state index contributed by atoms with van der Waals surface area (Å²) in [5.74, 6) is 0.564. The average molecular weight is 235 g/mol. The van der Waals surface area contributed by atoms with Gasteiger partial charge in [0.2, 0.25) is 0 Å². The van der Waals surface area contributed by atoms with E-state index in [9.17, 15) is 0 Å². The Balaban J connectivity index is 2.61. The normalized spacial score (nSPS) is 14.9. The third kappa shape index (κ3) is 4.88. The zero-order valence-corrected chi connectivity index (χ0v) is 11.2. The van der Waals surface area contributed by atoms with Crippen LogP contribution in [0.25, 0.3) is 0 Å². The van der Waals surface area contributed by atoms with E-state index >= 15 is 0 Å². The van der Waals surface area contributed by atoms with E-state index in [0.717, 1.165) is 12.8 Å². The van der Waals surface area contributed by atoms with Gasteiger partial charge in [0.25, 0.3) is 0 Å². The van der Waals surface area contributed by atoms with E-state index < -0.39 is 0 Å². The lowest BCUT2D eigenvalue weighted by molar-refractivity contribution is 0.269. The van der Waals surface area contributed by atoms with Crippen molar-refractivity contribution in [3.05, 3.63) is 35.9 Å². The van der Waals surface area contributed by atoms with E-state index in [1.165, 1.54) is 5.56 Å². The van der Waals surface area contributed by atoms with Gasteiger partial charge in [0, 0.05) is 18.7 Å². The largest absolute Gasteiger partial charge is 0.396 e. The minimum absolute atomic E-state index is 0.281. The molecule has 0 aliphatic heterocycles. The molecule has 0 aliphatic rings. The highest BCUT2D eigenvalue weighted by Gasteiger charge is 2.17. The van der Waals surface area contributed by atoms with Crippen LogP contribution in [0, 0.1) is 5.92 Å². The van der Waals surface area contributed by atoms with Crippen LogP contribution in [0.1, 0.15) is 45.2 Å². The first-order chi connectivity index (χ1) is 8.15. The fourth-order valence-corrected chi connectivity index (χ4v) is 2.12. The van der Waals surface area contributed by atoms with E-state index in [1.54, 1.807) is 0 Å². The lowest BCUT2D eigenvalue weighted by atomic mass is 9.95. The Hall–Kier alpha value is -0.860. The molecule has 2 heteroatoms. The minimum Gasteiger partial charge on any atom is -0.396 e. The highest BCUT2D eigenvalue weighted by Crippen LogP contribution is 2.22. The van der Waals surface area contributed by atoms with Crippen LogP contribution in [0.4, 0.5) is 0 Å². The molecule has 17 heavy (non-hydrogen) atoms. The maximum absolute atomic E-state index is 8.85. The number of nitrogens with one attached hydrogen (secondary N) is 1. The van der Waals surface area contributed by atoms with E-state index in [-0.39, 0.29) is 6.61 Å². The van der Waals surface area contributed by atoms with Gasteiger partial charge in [-0.1, -0.05) is 44.2 Å². The molecule has 0 amide bonds. The summed E-state index contributed by atoms with van der Waals surface area (Å²) in [5, 5.41) is 12.5. The predicted octanol–water partition coefficient (Wildman–Crippen LogP) is 3.13. The molecule has 0 saturated carbocycles. The van der Waals surface area contributed by atoms with Crippen molar-refractivity contribution in [3.63, 3.8) is 0 Å². The Labute approximate surface area is 105 Å². The maximum Gasteiger partial charge on any atom is 0.0431 e. The highest BCUT2D eigenvalue weighted by molar-refractivity contribution is 5.19. The molecule has 0 spiro atoms. The van der Waals surface area contributed by atoms with Crippen LogP contribution in [0.5, 0.6) is 0 Å². The lowest BCUT2D eigenvalue weighted by Gasteiger charge is -2.27. The molecule has 0 saturated heterocycles. The smallest absolute Gasteiger partial charge is 0.0431 e. The van der Waals surface area contributed by atoms with Gasteiger partial charge in [0.1, 0.15) is 0 Å². The second-order valence-electron chi connectivity index (χ2n) is 5.07. The summed E-state index contributed by atoms with van der Waals surface area (Å²) in [6.45, 7) is 6.95. The van der Waals surface area contributed by atoms with Crippen LogP contribution < -0.4 is 5.32 Å². The molecule has 2 N–H and O–H groups in total. The Kier molecular flexibility index (Phi) is 6.23. The van der Waals surface area contributed by atoms with Gasteiger partial charge in [-0.25, -0.2) is 0 Å². The third-order valence-electron chi connectivity index (χ3n) is 3.08. The first kappa shape index (κ1) is 14.2. The molecule has 0 radical (unpaired) electrons. The highest BCUT2D eigenvalue weighted by atomic mass is 16.2. The molecule has 2 unspecified atom stereocenters. The summed E-state index contributed by atoms with van der Waals surface area (Å²) >= 11 is 0. The molecule has 1 rings (SSSR count). The van der Waals surface area contributed by atoms with Gasteiger partial charge in [-0.15, -0.1) is 0 Å². The van der Waals surface area contributed by atoms with E-state index in [4.69, 9.17) is 5.11 Å². The summed E-state index contributed by atoms with van der Waals surface area (Å²) in [6.07, 6.45) is 1.89. The molecular formula is C15H25NO. The summed E-state index contributed by atoms with van der Waals surface area (Å²) in [4.78, 5) is 0. The SMILES string of the molecule is CC(CCCO)NC(c1ccccc1)C(C)C. The lowest BCUT2D eigenvalue weighted by Crippen LogP contribution is -2.33. The van der Waals surface area contributed by atoms with Gasteiger partial charge >= 0.3 is 0 Å². The summed E-state index contributed by atoms with van der Waals surface area (Å²) < 4.78 is 0. The molecule has 0 aliphatic carbocycles. The maximum atomic E-state index is 8.85. The van der Waals surface area contributed by atoms with Crippen LogP contribution in [-0.4, -0.2) is 17.8 Å². The average Bonchev–Trinajstić information content (AvgIpc) is 2.34. The number of aliphatic hydroxyl groups excluding tert-OH is 1. The topological polar surface area (TPSA) is 32.3 Å². The van der Waals surface area contributed by atoms with Crippen LogP contribution in [0.3, 0.4) is 0 Å². The van der Waals surface area contributed by atoms with Crippen LogP contribution in [-0.2, 0) is 0 Å². The third-order valence-corrected chi connectivity index (χ3v) is 3.08. The summed E-state index contributed by atoms with van der Waals surface area (Å²) in [5.41, 5.74) is 1.35. The molecule has 0 heterocycles. The molecule has 2 nitrogen and oxygen atoms in total. The van der Waals surface area contributed by atoms with E-state index in [0.29, 0.717) is 18.0 Å². The fourth-order valence-electron chi connectivity index (χ4n) is 2.12. The van der Waals surface area contributed by atoms with Gasteiger partial charge in [0.15, 0.2) is 0 Å². The minimum atomic E-state index is 0.281. The van der Waals surface area contributed by atoms with Gasteiger partial charge in [0.05, 0.1) is 0 Å². The van der Waals surface area contributed by atoms with Crippen LogP contribution >= 0.6 is 0 Å². The first-order valence-electron chi connectivity index (χ1n) is 6.57. The van der Waals surface area contributed by atoms with Gasteiger partial charge in [-0.3, -0.25) is 0 Å². The number of rotatable bonds is 7. The van der Waals surface area contributed by atoms with Crippen molar-refractivity contribution < 1.29 is 5.11 Å². The number of benzene rings is 1. The molecule has 2 atom stereocenters. The quantitative estimate of drug-likeness (QED) is 0.761. The van der Waals surface area contributed by atoms with Crippen molar-refractivity contribution >= 4 is 0 Å². The summed E-state index contributed by atoms with van der Waals surface area (Å²) in [7, 11) is 0. The van der Waals surface area contributed by atoms with Gasteiger partial charge in [-0.2, -0.15) is 0 Å². The van der Waals surface area contributed by atoms with Crippen molar-refractivity contribution in [3.8, 4) is 0 Å². The van der Waals surface area contributed by atoms with Crippen molar-refractivity contribution in [2.24, 2.45) is 5.92 Å². The predicted molar refractivity (Wildman–Crippen MR) is 72.9 cm³/mol. The van der Waals surface area contributed by atoms with Crippen LogP contribution in [0.15, 0.2) is 30.3 Å². The standard InChI is InChI=1S/C15H25NO/c1-12(2)15(14-9-5-4-6-10-14)16-13(3)8-7-11-17/h4-6,9-10,12-13,15-17H,7-8,11H2,1-3H3. The number of hydrogen-bond donors (Lipinski definition) is 2. The van der Waals surface area contributed by atoms with E-state index in [1.807, 2.05) is 0 Å². The molecule has 1 aromatic carbocycles. The number of aliphatic hydroxyl groups is 1. The van der Waals surface area contributed by atoms with Crippen LogP contribution in [0.2, 0.25) is 0 Å². The molecule has 0 bridgehead atoms. The number of hydrogen-bond acceptors (Lipinski definition) is 2. The van der Waals surface area contributed by atoms with E-state index in [2.05, 4.69) is 56.4 Å². The van der Waals surface area contributed by atoms with Crippen molar-refractivity contribution in [2.75, 3.05) is 6.61 Å². The zero-order valence-electron chi connectivity index (χ0n) is 11.2. The summed E-state index contributed by atoms with van der Waals surface area (Å²) in [6, 6.07) is 11.4. The Morgan fingerprint density at radius 3 is 2.29 bits per heavy atom. The fraction of sp³-hybridized carbons (Fsp3) is 0.600. The zero-order chi connectivity index (χ0) is 12.7. The second kappa shape index (κ2) is 7.46. The molecule has 96 valence electrons. The molecule has 1 aromatic rings. The molecule has 0 aromatic heterocycles. The van der Waals surface area contributed by atoms with Crippen molar-refractivity contribution in [2.45, 2.75) is 45.7 Å². The van der Waals surface area contributed by atoms with Crippen molar-refractivity contribution in [1.29, 1.82) is 0 Å². The first-order valence-corrected chi connectivity index (χ1v) is 6.57. The molecule has 0 fully saturated rings. The Bertz CT molecular complexity index is 297. The van der Waals surface area contributed by atoms with Crippen molar-refractivity contribution in [1.82, 2.24) is 5.32 Å². The Morgan fingerprint density at radius 2 is 1.76 bits per heavy atom. The van der Waals surface area contributed by atoms with Gasteiger partial charge in [-0.05, 0) is 31.2 Å². The molecular weight excluding hydrogens is 210 g/mol. The van der Waals surface area contributed by atoms with Gasteiger partial charge < -0.3 is 10.4 Å². The Morgan fingerprint density at radius 1 is 1.12 bits per heavy atom. The second-order valence-corrected chi connectivity index (χ2v) is 5.07. The monoisotopic (exact) mass is 235 g/mol.